The van der Waals surface area contributed by atoms with Crippen LogP contribution in [-0.4, -0.2) is 36.3 Å². The number of piperidine rings is 1. The summed E-state index contributed by atoms with van der Waals surface area (Å²) in [6.45, 7) is -1.74. The van der Waals surface area contributed by atoms with Crippen molar-refractivity contribution in [2.24, 2.45) is 12.8 Å². The molecule has 2 aromatic carbocycles. The Bertz CT molecular complexity index is 1190. The fraction of sp³-hybridized carbons (Fsp3) is 0.304. The predicted octanol–water partition coefficient (Wildman–Crippen LogP) is 3.29. The SMILES string of the molecule is Cn1c(=O)c(C(N)=O)c(N2CCC(Oc3ccc(OC(F)F)cc3)CC2)c2ccccc21. The molecule has 0 bridgehead atoms. The van der Waals surface area contributed by atoms with Crippen molar-refractivity contribution in [1.29, 1.82) is 0 Å². The van der Waals surface area contributed by atoms with Crippen molar-refractivity contribution in [2.45, 2.75) is 25.6 Å². The zero-order valence-electron chi connectivity index (χ0n) is 17.5. The molecule has 1 aliphatic heterocycles. The molecule has 0 atom stereocenters. The monoisotopic (exact) mass is 443 g/mol. The number of anilines is 1. The number of pyridine rings is 1. The molecule has 0 saturated carbocycles. The van der Waals surface area contributed by atoms with Crippen molar-refractivity contribution < 1.29 is 23.0 Å². The number of ether oxygens (including phenoxy) is 2. The van der Waals surface area contributed by atoms with Gasteiger partial charge in [-0.2, -0.15) is 8.78 Å². The van der Waals surface area contributed by atoms with Crippen molar-refractivity contribution in [2.75, 3.05) is 18.0 Å². The first-order valence-corrected chi connectivity index (χ1v) is 10.2. The Morgan fingerprint density at radius 1 is 1.06 bits per heavy atom. The lowest BCUT2D eigenvalue weighted by Crippen LogP contribution is -2.41. The summed E-state index contributed by atoms with van der Waals surface area (Å²) in [6.07, 6.45) is 1.21. The van der Waals surface area contributed by atoms with Gasteiger partial charge in [-0.1, -0.05) is 18.2 Å². The zero-order chi connectivity index (χ0) is 22.8. The smallest absolute Gasteiger partial charge is 0.387 e. The number of carbonyl (C=O) groups excluding carboxylic acids is 1. The van der Waals surface area contributed by atoms with Crippen LogP contribution in [0.2, 0.25) is 0 Å². The average Bonchev–Trinajstić information content (AvgIpc) is 2.77. The van der Waals surface area contributed by atoms with Gasteiger partial charge in [-0.05, 0) is 30.3 Å². The average molecular weight is 443 g/mol. The molecule has 0 spiro atoms. The second-order valence-corrected chi connectivity index (χ2v) is 7.62. The minimum Gasteiger partial charge on any atom is -0.490 e. The summed E-state index contributed by atoms with van der Waals surface area (Å²) < 4.78 is 36.3. The number of amides is 1. The van der Waals surface area contributed by atoms with Gasteiger partial charge in [-0.15, -0.1) is 0 Å². The number of hydrogen-bond acceptors (Lipinski definition) is 5. The number of primary amides is 1. The van der Waals surface area contributed by atoms with E-state index < -0.39 is 18.1 Å². The molecular formula is C23H23F2N3O4. The summed E-state index contributed by atoms with van der Waals surface area (Å²) in [5, 5.41) is 0.789. The van der Waals surface area contributed by atoms with Crippen LogP contribution < -0.4 is 25.7 Å². The minimum absolute atomic E-state index is 0.0137. The first-order chi connectivity index (χ1) is 15.3. The van der Waals surface area contributed by atoms with E-state index in [2.05, 4.69) is 4.74 Å². The highest BCUT2D eigenvalue weighted by Crippen LogP contribution is 2.31. The fourth-order valence-electron chi connectivity index (χ4n) is 4.12. The molecule has 0 aliphatic carbocycles. The number of carbonyl (C=O) groups is 1. The van der Waals surface area contributed by atoms with Gasteiger partial charge in [-0.25, -0.2) is 0 Å². The van der Waals surface area contributed by atoms with Crippen LogP contribution in [0.15, 0.2) is 53.3 Å². The Hall–Kier alpha value is -3.62. The second-order valence-electron chi connectivity index (χ2n) is 7.62. The topological polar surface area (TPSA) is 86.8 Å². The van der Waals surface area contributed by atoms with Gasteiger partial charge in [0.25, 0.3) is 11.5 Å². The number of aromatic nitrogens is 1. The molecule has 32 heavy (non-hydrogen) atoms. The van der Waals surface area contributed by atoms with Crippen LogP contribution in [0.5, 0.6) is 11.5 Å². The second kappa shape index (κ2) is 8.86. The Kier molecular flexibility index (Phi) is 5.98. The first-order valence-electron chi connectivity index (χ1n) is 10.2. The van der Waals surface area contributed by atoms with Crippen LogP contribution in [0, 0.1) is 0 Å². The van der Waals surface area contributed by atoms with E-state index in [9.17, 15) is 18.4 Å². The van der Waals surface area contributed by atoms with Crippen molar-refractivity contribution in [3.63, 3.8) is 0 Å². The van der Waals surface area contributed by atoms with Crippen LogP contribution in [-0.2, 0) is 7.05 Å². The largest absolute Gasteiger partial charge is 0.490 e. The molecule has 1 fully saturated rings. The van der Waals surface area contributed by atoms with Crippen molar-refractivity contribution in [1.82, 2.24) is 4.57 Å². The van der Waals surface area contributed by atoms with Crippen LogP contribution in [0.25, 0.3) is 10.9 Å². The van der Waals surface area contributed by atoms with E-state index in [1.165, 1.54) is 16.7 Å². The van der Waals surface area contributed by atoms with Crippen LogP contribution in [0.1, 0.15) is 23.2 Å². The quantitative estimate of drug-likeness (QED) is 0.632. The lowest BCUT2D eigenvalue weighted by atomic mass is 10.0. The number of alkyl halides is 2. The van der Waals surface area contributed by atoms with Gasteiger partial charge in [0.05, 0.1) is 11.2 Å². The van der Waals surface area contributed by atoms with E-state index in [0.29, 0.717) is 37.4 Å². The number of halogens is 2. The van der Waals surface area contributed by atoms with E-state index in [1.807, 2.05) is 29.2 Å². The molecule has 0 unspecified atom stereocenters. The molecule has 1 aromatic heterocycles. The fourth-order valence-corrected chi connectivity index (χ4v) is 4.12. The van der Waals surface area contributed by atoms with E-state index >= 15 is 0 Å². The molecule has 7 nitrogen and oxygen atoms in total. The van der Waals surface area contributed by atoms with Crippen molar-refractivity contribution in [3.8, 4) is 11.5 Å². The van der Waals surface area contributed by atoms with Crippen LogP contribution in [0.3, 0.4) is 0 Å². The van der Waals surface area contributed by atoms with Gasteiger partial charge in [0.15, 0.2) is 0 Å². The maximum atomic E-state index is 12.8. The molecule has 4 rings (SSSR count). The van der Waals surface area contributed by atoms with Gasteiger partial charge in [-0.3, -0.25) is 9.59 Å². The zero-order valence-corrected chi connectivity index (χ0v) is 17.5. The number of benzene rings is 2. The number of para-hydroxylation sites is 1. The molecular weight excluding hydrogens is 420 g/mol. The van der Waals surface area contributed by atoms with Crippen molar-refractivity contribution >= 4 is 22.5 Å². The lowest BCUT2D eigenvalue weighted by Gasteiger charge is -2.35. The summed E-state index contributed by atoms with van der Waals surface area (Å²) in [5.74, 6) is -0.128. The van der Waals surface area contributed by atoms with Gasteiger partial charge in [0.1, 0.15) is 23.2 Å². The molecule has 0 radical (unpaired) electrons. The van der Waals surface area contributed by atoms with Crippen LogP contribution in [0.4, 0.5) is 14.5 Å². The number of rotatable bonds is 6. The molecule has 1 amide bonds. The number of nitrogens with two attached hydrogens (primary N) is 1. The summed E-state index contributed by atoms with van der Waals surface area (Å²) >= 11 is 0. The van der Waals surface area contributed by atoms with Gasteiger partial charge < -0.3 is 24.7 Å². The first kappa shape index (κ1) is 21.6. The number of aryl methyl sites for hydroxylation is 1. The van der Waals surface area contributed by atoms with E-state index in [-0.39, 0.29) is 17.4 Å². The molecule has 2 heterocycles. The highest BCUT2D eigenvalue weighted by Gasteiger charge is 2.28. The third kappa shape index (κ3) is 4.23. The van der Waals surface area contributed by atoms with Gasteiger partial charge in [0.2, 0.25) is 0 Å². The normalized spacial score (nSPS) is 14.7. The molecule has 1 aliphatic rings. The summed E-state index contributed by atoms with van der Waals surface area (Å²) in [5.41, 5.74) is 6.44. The third-order valence-corrected chi connectivity index (χ3v) is 5.63. The Balaban J connectivity index is 1.53. The lowest BCUT2D eigenvalue weighted by molar-refractivity contribution is -0.0499. The predicted molar refractivity (Wildman–Crippen MR) is 117 cm³/mol. The Morgan fingerprint density at radius 3 is 2.31 bits per heavy atom. The molecule has 168 valence electrons. The standard InChI is InChI=1S/C23H23F2N3O4/c1-27-18-5-3-2-4-17(18)20(19(21(26)29)22(27)30)28-12-10-16(11-13-28)31-14-6-8-15(9-7-14)32-23(24)25/h2-9,16,23H,10-13H2,1H3,(H2,26,29). The highest BCUT2D eigenvalue weighted by molar-refractivity contribution is 6.06. The van der Waals surface area contributed by atoms with E-state index in [4.69, 9.17) is 10.5 Å². The number of hydrogen-bond donors (Lipinski definition) is 1. The molecule has 9 heteroatoms. The summed E-state index contributed by atoms with van der Waals surface area (Å²) in [6, 6.07) is 13.5. The molecule has 2 N–H and O–H groups in total. The van der Waals surface area contributed by atoms with Gasteiger partial charge >= 0.3 is 6.61 Å². The Morgan fingerprint density at radius 2 is 1.69 bits per heavy atom. The molecule has 1 saturated heterocycles. The Labute approximate surface area is 182 Å². The van der Waals surface area contributed by atoms with Crippen molar-refractivity contribution in [3.05, 3.63) is 64.4 Å². The molecule has 3 aromatic rings. The minimum atomic E-state index is -2.87. The van der Waals surface area contributed by atoms with E-state index in [1.54, 1.807) is 19.2 Å². The summed E-state index contributed by atoms with van der Waals surface area (Å²) in [7, 11) is 1.62. The third-order valence-electron chi connectivity index (χ3n) is 5.63. The highest BCUT2D eigenvalue weighted by atomic mass is 19.3. The van der Waals surface area contributed by atoms with E-state index in [0.717, 1.165) is 10.9 Å². The maximum Gasteiger partial charge on any atom is 0.387 e. The van der Waals surface area contributed by atoms with Crippen LogP contribution >= 0.6 is 0 Å². The van der Waals surface area contributed by atoms with Gasteiger partial charge in [0, 0.05) is 38.4 Å². The summed E-state index contributed by atoms with van der Waals surface area (Å²) in [4.78, 5) is 27.0. The maximum absolute atomic E-state index is 12.8. The number of fused-ring (bicyclic) bond motifs is 1. The number of nitrogens with zero attached hydrogens (tertiary/aromatic N) is 2.